The molecular formula is C11H15NO4. The first-order chi connectivity index (χ1) is 7.41. The van der Waals surface area contributed by atoms with E-state index in [-0.39, 0.29) is 12.8 Å². The van der Waals surface area contributed by atoms with Gasteiger partial charge in [-0.05, 0) is 31.4 Å². The third-order valence-corrected chi connectivity index (χ3v) is 2.56. The van der Waals surface area contributed by atoms with E-state index in [9.17, 15) is 9.59 Å². The lowest BCUT2D eigenvalue weighted by Crippen LogP contribution is -2.05. The molecule has 0 spiro atoms. The lowest BCUT2D eigenvalue weighted by molar-refractivity contribution is -0.137. The molecule has 0 saturated heterocycles. The topological polar surface area (TPSA) is 90.4 Å². The number of aliphatic carboxylic acids is 2. The molecule has 0 atom stereocenters. The van der Waals surface area contributed by atoms with Gasteiger partial charge in [-0.1, -0.05) is 0 Å². The van der Waals surface area contributed by atoms with Crippen molar-refractivity contribution in [2.24, 2.45) is 0 Å². The van der Waals surface area contributed by atoms with Crippen molar-refractivity contribution in [1.82, 2.24) is 4.98 Å². The van der Waals surface area contributed by atoms with Gasteiger partial charge < -0.3 is 15.2 Å². The Morgan fingerprint density at radius 2 is 1.62 bits per heavy atom. The zero-order chi connectivity index (χ0) is 12.3. The summed E-state index contributed by atoms with van der Waals surface area (Å²) >= 11 is 0. The van der Waals surface area contributed by atoms with Gasteiger partial charge in [-0.2, -0.15) is 0 Å². The summed E-state index contributed by atoms with van der Waals surface area (Å²) in [4.78, 5) is 24.2. The monoisotopic (exact) mass is 225 g/mol. The van der Waals surface area contributed by atoms with E-state index in [1.807, 2.05) is 6.92 Å². The number of H-pyrrole nitrogens is 1. The second kappa shape index (κ2) is 4.83. The SMILES string of the molecule is Cc1[nH]c(C)c(CC(=O)O)c1CCC(=O)O. The number of aryl methyl sites for hydroxylation is 2. The van der Waals surface area contributed by atoms with E-state index in [0.29, 0.717) is 12.0 Å². The fourth-order valence-electron chi connectivity index (χ4n) is 1.85. The van der Waals surface area contributed by atoms with Crippen molar-refractivity contribution in [2.45, 2.75) is 33.1 Å². The fraction of sp³-hybridized carbons (Fsp3) is 0.455. The highest BCUT2D eigenvalue weighted by Crippen LogP contribution is 2.20. The summed E-state index contributed by atoms with van der Waals surface area (Å²) in [6, 6.07) is 0. The van der Waals surface area contributed by atoms with Crippen LogP contribution in [0.15, 0.2) is 0 Å². The summed E-state index contributed by atoms with van der Waals surface area (Å²) in [6.07, 6.45) is 0.323. The highest BCUT2D eigenvalue weighted by Gasteiger charge is 2.15. The summed E-state index contributed by atoms with van der Waals surface area (Å²) in [7, 11) is 0. The van der Waals surface area contributed by atoms with Crippen molar-refractivity contribution in [3.8, 4) is 0 Å². The van der Waals surface area contributed by atoms with Crippen LogP contribution in [0.3, 0.4) is 0 Å². The van der Waals surface area contributed by atoms with E-state index in [4.69, 9.17) is 10.2 Å². The van der Waals surface area contributed by atoms with E-state index >= 15 is 0 Å². The number of hydrogen-bond acceptors (Lipinski definition) is 2. The van der Waals surface area contributed by atoms with Crippen LogP contribution < -0.4 is 0 Å². The van der Waals surface area contributed by atoms with Gasteiger partial charge in [0.1, 0.15) is 0 Å². The van der Waals surface area contributed by atoms with E-state index in [1.54, 1.807) is 6.92 Å². The maximum atomic E-state index is 10.7. The zero-order valence-electron chi connectivity index (χ0n) is 9.33. The number of carboxylic acids is 2. The Labute approximate surface area is 93.1 Å². The Balaban J connectivity index is 2.95. The summed E-state index contributed by atoms with van der Waals surface area (Å²) in [5.41, 5.74) is 3.20. The maximum Gasteiger partial charge on any atom is 0.307 e. The van der Waals surface area contributed by atoms with Gasteiger partial charge in [0.25, 0.3) is 0 Å². The molecule has 1 heterocycles. The second-order valence-corrected chi connectivity index (χ2v) is 3.80. The summed E-state index contributed by atoms with van der Waals surface area (Å²) in [5.74, 6) is -1.78. The molecular weight excluding hydrogens is 210 g/mol. The molecule has 5 nitrogen and oxygen atoms in total. The molecule has 1 aromatic rings. The van der Waals surface area contributed by atoms with Gasteiger partial charge in [-0.15, -0.1) is 0 Å². The number of aromatic amines is 1. The standard InChI is InChI=1S/C11H15NO4/c1-6-8(3-4-10(13)14)9(5-11(15)16)7(2)12-6/h12H,3-5H2,1-2H3,(H,13,14)(H,15,16). The quantitative estimate of drug-likeness (QED) is 0.704. The molecule has 0 saturated carbocycles. The van der Waals surface area contributed by atoms with Gasteiger partial charge in [0.15, 0.2) is 0 Å². The van der Waals surface area contributed by atoms with E-state index in [2.05, 4.69) is 4.98 Å². The molecule has 0 aliphatic carbocycles. The minimum Gasteiger partial charge on any atom is -0.481 e. The van der Waals surface area contributed by atoms with Gasteiger partial charge in [0, 0.05) is 17.8 Å². The van der Waals surface area contributed by atoms with Crippen LogP contribution >= 0.6 is 0 Å². The molecule has 0 aliphatic rings. The maximum absolute atomic E-state index is 10.7. The van der Waals surface area contributed by atoms with Crippen molar-refractivity contribution >= 4 is 11.9 Å². The zero-order valence-corrected chi connectivity index (χ0v) is 9.33. The van der Waals surface area contributed by atoms with Crippen molar-refractivity contribution in [2.75, 3.05) is 0 Å². The van der Waals surface area contributed by atoms with Crippen molar-refractivity contribution in [1.29, 1.82) is 0 Å². The predicted molar refractivity (Wildman–Crippen MR) is 57.6 cm³/mol. The van der Waals surface area contributed by atoms with Crippen molar-refractivity contribution in [3.05, 3.63) is 22.5 Å². The van der Waals surface area contributed by atoms with Crippen LogP contribution in [0.1, 0.15) is 28.9 Å². The number of carboxylic acid groups (broad SMARTS) is 2. The Bertz CT molecular complexity index is 420. The first kappa shape index (κ1) is 12.3. The van der Waals surface area contributed by atoms with Crippen LogP contribution in [0.25, 0.3) is 0 Å². The minimum atomic E-state index is -0.904. The number of rotatable bonds is 5. The molecule has 0 fully saturated rings. The Morgan fingerprint density at radius 1 is 1.06 bits per heavy atom. The average molecular weight is 225 g/mol. The molecule has 0 unspecified atom stereocenters. The Hall–Kier alpha value is -1.78. The lowest BCUT2D eigenvalue weighted by Gasteiger charge is -2.02. The van der Waals surface area contributed by atoms with Crippen LogP contribution in [0, 0.1) is 13.8 Å². The molecule has 0 aliphatic heterocycles. The van der Waals surface area contributed by atoms with E-state index in [1.165, 1.54) is 0 Å². The first-order valence-electron chi connectivity index (χ1n) is 5.02. The number of aromatic nitrogens is 1. The molecule has 1 rings (SSSR count). The molecule has 3 N–H and O–H groups in total. The van der Waals surface area contributed by atoms with Crippen molar-refractivity contribution in [3.63, 3.8) is 0 Å². The van der Waals surface area contributed by atoms with Gasteiger partial charge in [0.2, 0.25) is 0 Å². The molecule has 1 aromatic heterocycles. The average Bonchev–Trinajstić information content (AvgIpc) is 2.38. The largest absolute Gasteiger partial charge is 0.481 e. The highest BCUT2D eigenvalue weighted by molar-refractivity contribution is 5.72. The van der Waals surface area contributed by atoms with Gasteiger partial charge in [0.05, 0.1) is 6.42 Å². The Morgan fingerprint density at radius 3 is 2.12 bits per heavy atom. The number of hydrogen-bond donors (Lipinski definition) is 3. The number of nitrogens with one attached hydrogen (secondary N) is 1. The smallest absolute Gasteiger partial charge is 0.307 e. The van der Waals surface area contributed by atoms with Crippen molar-refractivity contribution < 1.29 is 19.8 Å². The first-order valence-corrected chi connectivity index (χ1v) is 5.02. The minimum absolute atomic E-state index is 0.0186. The van der Waals surface area contributed by atoms with Gasteiger partial charge in [-0.3, -0.25) is 9.59 Å². The normalized spacial score (nSPS) is 10.4. The third-order valence-electron chi connectivity index (χ3n) is 2.56. The van der Waals surface area contributed by atoms with Gasteiger partial charge in [-0.25, -0.2) is 0 Å². The van der Waals surface area contributed by atoms with Crippen LogP contribution in [-0.2, 0) is 22.4 Å². The summed E-state index contributed by atoms with van der Waals surface area (Å²) < 4.78 is 0. The van der Waals surface area contributed by atoms with Crippen LogP contribution in [0.2, 0.25) is 0 Å². The second-order valence-electron chi connectivity index (χ2n) is 3.80. The molecule has 88 valence electrons. The summed E-state index contributed by atoms with van der Waals surface area (Å²) in [5, 5.41) is 17.4. The number of carbonyl (C=O) groups is 2. The van der Waals surface area contributed by atoms with E-state index in [0.717, 1.165) is 17.0 Å². The lowest BCUT2D eigenvalue weighted by atomic mass is 10.0. The van der Waals surface area contributed by atoms with Crippen LogP contribution in [0.5, 0.6) is 0 Å². The fourth-order valence-corrected chi connectivity index (χ4v) is 1.85. The Kier molecular flexibility index (Phi) is 3.71. The molecule has 0 bridgehead atoms. The van der Waals surface area contributed by atoms with Gasteiger partial charge >= 0.3 is 11.9 Å². The predicted octanol–water partition coefficient (Wildman–Crippen LogP) is 1.28. The molecule has 5 heteroatoms. The molecule has 0 radical (unpaired) electrons. The molecule has 0 amide bonds. The molecule has 0 aromatic carbocycles. The molecule has 16 heavy (non-hydrogen) atoms. The summed E-state index contributed by atoms with van der Waals surface area (Å²) in [6.45, 7) is 3.63. The van der Waals surface area contributed by atoms with E-state index < -0.39 is 11.9 Å². The highest BCUT2D eigenvalue weighted by atomic mass is 16.4. The third kappa shape index (κ3) is 2.85. The van der Waals surface area contributed by atoms with Crippen LogP contribution in [0.4, 0.5) is 0 Å². The van der Waals surface area contributed by atoms with Crippen LogP contribution in [-0.4, -0.2) is 27.1 Å².